The molecule has 0 N–H and O–H groups in total. The second kappa shape index (κ2) is 7.78. The molecule has 1 aromatic heterocycles. The van der Waals surface area contributed by atoms with Crippen LogP contribution in [0.2, 0.25) is 0 Å². The molecular weight excluding hydrogens is 403 g/mol. The van der Waals surface area contributed by atoms with Gasteiger partial charge < -0.3 is 9.47 Å². The van der Waals surface area contributed by atoms with E-state index in [1.807, 2.05) is 10.6 Å². The quantitative estimate of drug-likeness (QED) is 0.718. The van der Waals surface area contributed by atoms with Crippen LogP contribution in [0, 0.1) is 5.92 Å². The molecule has 4 nitrogen and oxygen atoms in total. The molecule has 31 heavy (non-hydrogen) atoms. The van der Waals surface area contributed by atoms with Crippen molar-refractivity contribution in [1.29, 1.82) is 0 Å². The maximum absolute atomic E-state index is 13.3. The van der Waals surface area contributed by atoms with Gasteiger partial charge in [0.2, 0.25) is 0 Å². The van der Waals surface area contributed by atoms with Gasteiger partial charge in [-0.2, -0.15) is 13.2 Å². The number of alkyl halides is 3. The third-order valence-electron chi connectivity index (χ3n) is 7.34. The van der Waals surface area contributed by atoms with E-state index in [-0.39, 0.29) is 5.56 Å². The smallest absolute Gasteiger partial charge is 0.311 e. The predicted molar refractivity (Wildman–Crippen MR) is 114 cm³/mol. The van der Waals surface area contributed by atoms with E-state index in [9.17, 15) is 18.0 Å². The van der Waals surface area contributed by atoms with Crippen molar-refractivity contribution in [2.45, 2.75) is 43.9 Å². The Hall–Kier alpha value is -2.12. The zero-order valence-electron chi connectivity index (χ0n) is 17.7. The number of nitrogens with zero attached hydrogens (tertiary/aromatic N) is 3. The number of hydrogen-bond acceptors (Lipinski definition) is 3. The van der Waals surface area contributed by atoms with Gasteiger partial charge in [0.15, 0.2) is 0 Å². The molecule has 2 bridgehead atoms. The van der Waals surface area contributed by atoms with Gasteiger partial charge in [0.1, 0.15) is 0 Å². The first-order chi connectivity index (χ1) is 14.8. The van der Waals surface area contributed by atoms with E-state index < -0.39 is 11.7 Å². The van der Waals surface area contributed by atoms with E-state index in [1.165, 1.54) is 18.9 Å². The lowest BCUT2D eigenvalue weighted by Gasteiger charge is -2.47. The molecule has 2 saturated heterocycles. The molecular formula is C24H28F3N3O. The molecule has 3 aliphatic heterocycles. The summed E-state index contributed by atoms with van der Waals surface area (Å²) in [6.45, 7) is 4.89. The van der Waals surface area contributed by atoms with Crippen LogP contribution >= 0.6 is 0 Å². The highest BCUT2D eigenvalue weighted by molar-refractivity contribution is 5.63. The van der Waals surface area contributed by atoms with Crippen LogP contribution in [0.3, 0.4) is 0 Å². The standard InChI is InChI=1S/C24H28F3N3O/c1-28-9-7-20(8-10-28)29-13-16-11-18(15-29)22-6-5-21(23(31)30(22)14-16)17-3-2-4-19(12-17)24(25,26)27/h2-6,12,16,18,20H,7-11,13-15H2,1H3/t16-,18-/m1/s1. The fraction of sp³-hybridized carbons (Fsp3) is 0.542. The van der Waals surface area contributed by atoms with Crippen molar-refractivity contribution in [3.8, 4) is 11.1 Å². The highest BCUT2D eigenvalue weighted by Gasteiger charge is 2.38. The summed E-state index contributed by atoms with van der Waals surface area (Å²) in [4.78, 5) is 18.3. The fourth-order valence-electron chi connectivity index (χ4n) is 5.72. The minimum absolute atomic E-state index is 0.167. The first kappa shape index (κ1) is 20.8. The highest BCUT2D eigenvalue weighted by Crippen LogP contribution is 2.38. The van der Waals surface area contributed by atoms with Crippen molar-refractivity contribution in [3.63, 3.8) is 0 Å². The Morgan fingerprint density at radius 2 is 1.77 bits per heavy atom. The topological polar surface area (TPSA) is 28.5 Å². The Balaban J connectivity index is 1.43. The van der Waals surface area contributed by atoms with Crippen LogP contribution in [0.5, 0.6) is 0 Å². The van der Waals surface area contributed by atoms with Gasteiger partial charge in [-0.3, -0.25) is 9.69 Å². The molecule has 0 unspecified atom stereocenters. The van der Waals surface area contributed by atoms with Gasteiger partial charge in [0.05, 0.1) is 5.56 Å². The van der Waals surface area contributed by atoms with E-state index in [0.29, 0.717) is 35.5 Å². The molecule has 7 heteroatoms. The third-order valence-corrected chi connectivity index (χ3v) is 7.34. The third kappa shape index (κ3) is 3.94. The molecule has 2 aromatic rings. The summed E-state index contributed by atoms with van der Waals surface area (Å²) in [5.74, 6) is 0.732. The van der Waals surface area contributed by atoms with Crippen molar-refractivity contribution in [1.82, 2.24) is 14.4 Å². The van der Waals surface area contributed by atoms with Crippen molar-refractivity contribution < 1.29 is 13.2 Å². The van der Waals surface area contributed by atoms with Crippen molar-refractivity contribution in [3.05, 3.63) is 58.0 Å². The predicted octanol–water partition coefficient (Wildman–Crippen LogP) is 4.05. The van der Waals surface area contributed by atoms with Crippen LogP contribution in [0.15, 0.2) is 41.2 Å². The summed E-state index contributed by atoms with van der Waals surface area (Å²) in [7, 11) is 2.17. The number of rotatable bonds is 2. The number of aromatic nitrogens is 1. The van der Waals surface area contributed by atoms with E-state index in [0.717, 1.165) is 50.4 Å². The Morgan fingerprint density at radius 3 is 2.52 bits per heavy atom. The van der Waals surface area contributed by atoms with E-state index >= 15 is 0 Å². The molecule has 2 fully saturated rings. The molecule has 0 radical (unpaired) electrons. The van der Waals surface area contributed by atoms with E-state index in [1.54, 1.807) is 12.1 Å². The summed E-state index contributed by atoms with van der Waals surface area (Å²) in [6.07, 6.45) is -0.950. The largest absolute Gasteiger partial charge is 0.416 e. The van der Waals surface area contributed by atoms with E-state index in [4.69, 9.17) is 0 Å². The molecule has 0 saturated carbocycles. The lowest BCUT2D eigenvalue weighted by molar-refractivity contribution is -0.137. The Kier molecular flexibility index (Phi) is 5.21. The van der Waals surface area contributed by atoms with Crippen LogP contribution in [-0.2, 0) is 12.7 Å². The van der Waals surface area contributed by atoms with Crippen molar-refractivity contribution >= 4 is 0 Å². The molecule has 5 rings (SSSR count). The minimum atomic E-state index is -4.42. The Morgan fingerprint density at radius 1 is 1.00 bits per heavy atom. The number of likely N-dealkylation sites (tertiary alicyclic amines) is 2. The minimum Gasteiger partial charge on any atom is -0.311 e. The van der Waals surface area contributed by atoms with E-state index in [2.05, 4.69) is 16.8 Å². The van der Waals surface area contributed by atoms with Gasteiger partial charge in [-0.1, -0.05) is 12.1 Å². The van der Waals surface area contributed by atoms with Crippen LogP contribution in [0.1, 0.15) is 36.4 Å². The highest BCUT2D eigenvalue weighted by atomic mass is 19.4. The number of hydrogen-bond donors (Lipinski definition) is 0. The Labute approximate surface area is 180 Å². The van der Waals surface area contributed by atoms with Crippen molar-refractivity contribution in [2.24, 2.45) is 5.92 Å². The summed E-state index contributed by atoms with van der Waals surface area (Å²) >= 11 is 0. The van der Waals surface area contributed by atoms with Crippen LogP contribution in [0.4, 0.5) is 13.2 Å². The van der Waals surface area contributed by atoms with Crippen molar-refractivity contribution in [2.75, 3.05) is 33.2 Å². The fourth-order valence-corrected chi connectivity index (χ4v) is 5.72. The number of piperidine rings is 2. The summed E-state index contributed by atoms with van der Waals surface area (Å²) in [6, 6.07) is 9.38. The van der Waals surface area contributed by atoms with Gasteiger partial charge in [-0.05, 0) is 75.1 Å². The van der Waals surface area contributed by atoms with Gasteiger partial charge in [-0.25, -0.2) is 0 Å². The number of fused-ring (bicyclic) bond motifs is 4. The SMILES string of the molecule is CN1CCC(N2C[C@H]3C[C@H](C2)c2ccc(-c4cccc(C(F)(F)F)c4)c(=O)n2C3)CC1. The molecule has 3 aliphatic rings. The number of benzene rings is 1. The van der Waals surface area contributed by atoms with Crippen LogP contribution in [-0.4, -0.2) is 53.6 Å². The average molecular weight is 432 g/mol. The van der Waals surface area contributed by atoms with Gasteiger partial charge in [-0.15, -0.1) is 0 Å². The first-order valence-electron chi connectivity index (χ1n) is 11.1. The number of halogens is 3. The van der Waals surface area contributed by atoms with Gasteiger partial charge in [0.25, 0.3) is 5.56 Å². The molecule has 0 spiro atoms. The van der Waals surface area contributed by atoms with Gasteiger partial charge >= 0.3 is 6.18 Å². The lowest BCUT2D eigenvalue weighted by atomic mass is 9.81. The van der Waals surface area contributed by atoms with Gasteiger partial charge in [0, 0.05) is 42.9 Å². The normalized spacial score (nSPS) is 25.4. The molecule has 1 aromatic carbocycles. The first-order valence-corrected chi connectivity index (χ1v) is 11.1. The molecule has 0 aliphatic carbocycles. The second-order valence-corrected chi connectivity index (χ2v) is 9.45. The second-order valence-electron chi connectivity index (χ2n) is 9.45. The maximum atomic E-state index is 13.3. The zero-order valence-corrected chi connectivity index (χ0v) is 17.7. The summed E-state index contributed by atoms with van der Waals surface area (Å²) < 4.78 is 41.2. The zero-order chi connectivity index (χ0) is 21.8. The molecule has 2 atom stereocenters. The lowest BCUT2D eigenvalue weighted by Crippen LogP contribution is -2.53. The molecule has 0 amide bonds. The van der Waals surface area contributed by atoms with Crippen LogP contribution in [0.25, 0.3) is 11.1 Å². The molecule has 4 heterocycles. The monoisotopic (exact) mass is 431 g/mol. The maximum Gasteiger partial charge on any atom is 0.416 e. The number of pyridine rings is 1. The Bertz CT molecular complexity index is 1020. The molecule has 166 valence electrons. The average Bonchev–Trinajstić information content (AvgIpc) is 2.74. The summed E-state index contributed by atoms with van der Waals surface area (Å²) in [5, 5.41) is 0. The summed E-state index contributed by atoms with van der Waals surface area (Å²) in [5.41, 5.74) is 0.826. The van der Waals surface area contributed by atoms with Crippen LogP contribution < -0.4 is 5.56 Å².